The first-order chi connectivity index (χ1) is 6.93. The van der Waals surface area contributed by atoms with E-state index in [1.807, 2.05) is 37.3 Å². The smallest absolute Gasteiger partial charge is 1.00 e. The number of hydrogen-bond donors (Lipinski definition) is 2. The van der Waals surface area contributed by atoms with Crippen LogP contribution in [0.15, 0.2) is 30.3 Å². The molecule has 0 saturated heterocycles. The zero-order valence-corrected chi connectivity index (χ0v) is 13.0. The molecular formula is C8H13KO6S. The fraction of sp³-hybridized carbons (Fsp3) is 0.250. The van der Waals surface area contributed by atoms with Crippen LogP contribution in [0.1, 0.15) is 8.35 Å². The van der Waals surface area contributed by atoms with Gasteiger partial charge in [-0.15, -0.1) is 0 Å². The summed E-state index contributed by atoms with van der Waals surface area (Å²) in [4.78, 5) is 9.57. The predicted octanol–water partition coefficient (Wildman–Crippen LogP) is -1.52. The fourth-order valence-corrected chi connectivity index (χ4v) is 0.603. The molecule has 0 heterocycles. The van der Waals surface area contributed by atoms with Gasteiger partial charge in [0.25, 0.3) is 0 Å². The van der Waals surface area contributed by atoms with Crippen molar-refractivity contribution in [2.75, 3.05) is 6.61 Å². The van der Waals surface area contributed by atoms with Gasteiger partial charge in [-0.2, -0.15) is 13.3 Å². The van der Waals surface area contributed by atoms with Crippen LogP contribution < -0.4 is 56.3 Å². The van der Waals surface area contributed by atoms with Crippen molar-refractivity contribution in [1.29, 1.82) is 0 Å². The van der Waals surface area contributed by atoms with Crippen molar-refractivity contribution in [3.05, 3.63) is 30.3 Å². The van der Waals surface area contributed by atoms with Gasteiger partial charge in [-0.05, 0) is 19.1 Å². The van der Waals surface area contributed by atoms with Gasteiger partial charge in [-0.25, -0.2) is 0 Å². The zero-order chi connectivity index (χ0) is 11.7. The molecule has 1 rings (SSSR count). The van der Waals surface area contributed by atoms with Gasteiger partial charge in [-0.1, -0.05) is 18.2 Å². The van der Waals surface area contributed by atoms with Crippen LogP contribution in [0, 0.1) is 0 Å². The molecule has 0 saturated carbocycles. The second-order valence-electron chi connectivity index (χ2n) is 2.25. The Morgan fingerprint density at radius 3 is 2.06 bits per heavy atom. The second-order valence-corrected chi connectivity index (χ2v) is 3.15. The van der Waals surface area contributed by atoms with Gasteiger partial charge in [0.15, 0.2) is 5.75 Å². The Bertz CT molecular complexity index is 350. The molecular weight excluding hydrogens is 263 g/mol. The molecule has 0 fully saturated rings. The summed E-state index contributed by atoms with van der Waals surface area (Å²) in [7, 11) is -4.67. The Hall–Kier alpha value is 0.486. The Labute approximate surface area is 138 Å². The van der Waals surface area contributed by atoms with Crippen LogP contribution in [0.3, 0.4) is 0 Å². The van der Waals surface area contributed by atoms with Gasteiger partial charge < -0.3 is 6.31 Å². The number of rotatable bonds is 3. The van der Waals surface area contributed by atoms with Gasteiger partial charge in [0.2, 0.25) is 0 Å². The molecule has 0 unspecified atom stereocenters. The minimum atomic E-state index is -4.67. The molecule has 0 amide bonds. The van der Waals surface area contributed by atoms with E-state index in [0.717, 1.165) is 5.75 Å². The molecule has 0 aliphatic rings. The number of benzene rings is 1. The Morgan fingerprint density at radius 1 is 1.25 bits per heavy atom. The van der Waals surface area contributed by atoms with Gasteiger partial charge in [0, 0.05) is 0 Å². The molecule has 8 heteroatoms. The van der Waals surface area contributed by atoms with Crippen LogP contribution in [-0.2, 0) is 15.3 Å². The molecule has 0 atom stereocenters. The van der Waals surface area contributed by atoms with Crippen molar-refractivity contribution >= 4 is 10.4 Å². The summed E-state index contributed by atoms with van der Waals surface area (Å²) in [5.74, 6) is 0.740. The third-order valence-corrected chi connectivity index (χ3v) is 1.02. The molecule has 88 valence electrons. The van der Waals surface area contributed by atoms with E-state index in [-0.39, 0.29) is 52.8 Å². The summed E-state index contributed by atoms with van der Waals surface area (Å²) in [5.41, 5.74) is 0. The molecule has 6 nitrogen and oxygen atoms in total. The topological polar surface area (TPSA) is 93.1 Å². The summed E-state index contributed by atoms with van der Waals surface area (Å²) >= 11 is 0. The molecule has 1 aromatic rings. The number of para-hydroxylation sites is 1. The molecule has 2 N–H and O–H groups in total. The van der Waals surface area contributed by atoms with E-state index in [1.165, 1.54) is 0 Å². The van der Waals surface area contributed by atoms with E-state index in [9.17, 15) is 0 Å². The van der Waals surface area contributed by atoms with Crippen LogP contribution in [0.5, 0.6) is 5.75 Å². The molecule has 0 spiro atoms. The quantitative estimate of drug-likeness (QED) is 0.301. The van der Waals surface area contributed by atoms with Crippen LogP contribution in [-0.4, -0.2) is 24.1 Å². The first kappa shape index (κ1) is 18.8. The average Bonchev–Trinajstić information content (AvgIpc) is 2.14. The summed E-state index contributed by atoms with van der Waals surface area (Å²) in [6, 6.07) is 9.41. The largest absolute Gasteiger partial charge is 1.00 e. The van der Waals surface area contributed by atoms with Crippen molar-refractivity contribution in [1.82, 2.24) is 0 Å². The molecule has 16 heavy (non-hydrogen) atoms. The standard InChI is InChI=1S/C8H10O2.K.H2O4S.H/c1-2-9-10-8-6-4-3-5-7-8;;1-5(2,3)4;/h3-7H,2H2,1H3;;(H2,1,2,3,4);/q;+1;;-1. The minimum absolute atomic E-state index is 0. The molecule has 0 aliphatic heterocycles. The normalized spacial score (nSPS) is 9.44. The van der Waals surface area contributed by atoms with E-state index in [1.54, 1.807) is 0 Å². The molecule has 0 radical (unpaired) electrons. The summed E-state index contributed by atoms with van der Waals surface area (Å²) in [6.45, 7) is 2.44. The van der Waals surface area contributed by atoms with Crippen molar-refractivity contribution in [3.8, 4) is 5.75 Å². The van der Waals surface area contributed by atoms with Crippen LogP contribution in [0.4, 0.5) is 0 Å². The first-order valence-corrected chi connectivity index (χ1v) is 5.37. The van der Waals surface area contributed by atoms with Crippen LogP contribution in [0.2, 0.25) is 0 Å². The van der Waals surface area contributed by atoms with Crippen LogP contribution in [0.25, 0.3) is 0 Å². The maximum atomic E-state index is 8.74. The van der Waals surface area contributed by atoms with Gasteiger partial charge in [-0.3, -0.25) is 9.11 Å². The van der Waals surface area contributed by atoms with E-state index in [0.29, 0.717) is 6.61 Å². The van der Waals surface area contributed by atoms with E-state index >= 15 is 0 Å². The minimum Gasteiger partial charge on any atom is -1.00 e. The third-order valence-electron chi connectivity index (χ3n) is 1.02. The molecule has 0 aliphatic carbocycles. The summed E-state index contributed by atoms with van der Waals surface area (Å²) < 4.78 is 31.6. The van der Waals surface area contributed by atoms with Gasteiger partial charge in [0.05, 0.1) is 6.61 Å². The molecule has 0 bridgehead atoms. The fourth-order valence-electron chi connectivity index (χ4n) is 0.603. The van der Waals surface area contributed by atoms with Crippen LogP contribution >= 0.6 is 0 Å². The average molecular weight is 276 g/mol. The van der Waals surface area contributed by atoms with Crippen molar-refractivity contribution in [2.24, 2.45) is 0 Å². The summed E-state index contributed by atoms with van der Waals surface area (Å²) in [5, 5.41) is 0. The first-order valence-electron chi connectivity index (χ1n) is 3.98. The Morgan fingerprint density at radius 2 is 1.69 bits per heavy atom. The van der Waals surface area contributed by atoms with Crippen molar-refractivity contribution in [3.63, 3.8) is 0 Å². The maximum absolute atomic E-state index is 8.74. The van der Waals surface area contributed by atoms with E-state index in [2.05, 4.69) is 0 Å². The Balaban J connectivity index is -0.000000247. The van der Waals surface area contributed by atoms with E-state index in [4.69, 9.17) is 27.3 Å². The predicted molar refractivity (Wildman–Crippen MR) is 54.0 cm³/mol. The van der Waals surface area contributed by atoms with Crippen molar-refractivity contribution < 1.29 is 80.1 Å². The molecule has 0 aromatic heterocycles. The van der Waals surface area contributed by atoms with Gasteiger partial charge >= 0.3 is 61.8 Å². The Kier molecular flexibility index (Phi) is 12.5. The second kappa shape index (κ2) is 10.6. The summed E-state index contributed by atoms with van der Waals surface area (Å²) in [6.07, 6.45) is 0. The van der Waals surface area contributed by atoms with Crippen molar-refractivity contribution in [2.45, 2.75) is 6.92 Å². The molecule has 1 aromatic carbocycles. The van der Waals surface area contributed by atoms with Gasteiger partial charge in [0.1, 0.15) is 0 Å². The monoisotopic (exact) mass is 276 g/mol. The zero-order valence-electron chi connectivity index (χ0n) is 10.0. The van der Waals surface area contributed by atoms with E-state index < -0.39 is 10.4 Å². The third kappa shape index (κ3) is 16.9. The maximum Gasteiger partial charge on any atom is 1.00 e. The SMILES string of the molecule is CCOOc1ccccc1.O=S(=O)(O)O.[H-].[K+]. The number of hydrogen-bond acceptors (Lipinski definition) is 4.